The van der Waals surface area contributed by atoms with E-state index in [-0.39, 0.29) is 24.8 Å². The maximum absolute atomic E-state index is 12.7. The lowest BCUT2D eigenvalue weighted by molar-refractivity contribution is -0.147. The predicted molar refractivity (Wildman–Crippen MR) is 106 cm³/mol. The van der Waals surface area contributed by atoms with E-state index in [1.165, 1.54) is 6.20 Å². The molecule has 0 aliphatic carbocycles. The fraction of sp³-hybridized carbons (Fsp3) is 0.333. The summed E-state index contributed by atoms with van der Waals surface area (Å²) in [5, 5.41) is 5.60. The van der Waals surface area contributed by atoms with Crippen molar-refractivity contribution in [3.8, 4) is 0 Å². The van der Waals surface area contributed by atoms with Gasteiger partial charge in [0.2, 0.25) is 5.91 Å². The normalized spacial score (nSPS) is 21.8. The van der Waals surface area contributed by atoms with Crippen molar-refractivity contribution in [3.05, 3.63) is 66.3 Å². The van der Waals surface area contributed by atoms with Crippen molar-refractivity contribution < 1.29 is 19.1 Å². The van der Waals surface area contributed by atoms with Crippen molar-refractivity contribution in [3.63, 3.8) is 0 Å². The van der Waals surface area contributed by atoms with Gasteiger partial charge < -0.3 is 19.9 Å². The quantitative estimate of drug-likeness (QED) is 0.607. The number of rotatable bonds is 3. The number of cyclic esters (lactones) is 1. The van der Waals surface area contributed by atoms with E-state index in [0.29, 0.717) is 12.8 Å². The molecule has 8 nitrogen and oxygen atoms in total. The van der Waals surface area contributed by atoms with Gasteiger partial charge in [-0.05, 0) is 18.4 Å². The van der Waals surface area contributed by atoms with Crippen LogP contribution in [-0.4, -0.2) is 40.0 Å². The lowest BCUT2D eigenvalue weighted by atomic mass is 10.1. The van der Waals surface area contributed by atoms with Crippen LogP contribution in [0.3, 0.4) is 0 Å². The molecule has 0 radical (unpaired) electrons. The van der Waals surface area contributed by atoms with Crippen molar-refractivity contribution in [1.82, 2.24) is 20.2 Å². The molecule has 2 aromatic rings. The summed E-state index contributed by atoms with van der Waals surface area (Å²) in [5.41, 5.74) is 0.842. The van der Waals surface area contributed by atoms with Crippen LogP contribution in [0.5, 0.6) is 0 Å². The van der Waals surface area contributed by atoms with Gasteiger partial charge in [0, 0.05) is 25.9 Å². The van der Waals surface area contributed by atoms with E-state index in [2.05, 4.69) is 15.6 Å². The van der Waals surface area contributed by atoms with E-state index in [1.54, 1.807) is 23.9 Å². The Hall–Kier alpha value is -3.42. The molecule has 0 spiro atoms. The molecule has 0 bridgehead atoms. The van der Waals surface area contributed by atoms with Crippen LogP contribution in [0, 0.1) is 0 Å². The van der Waals surface area contributed by atoms with Crippen LogP contribution in [0.15, 0.2) is 54.9 Å². The summed E-state index contributed by atoms with van der Waals surface area (Å²) in [4.78, 5) is 41.3. The minimum Gasteiger partial charge on any atom is -0.462 e. The molecule has 1 aromatic heterocycles. The van der Waals surface area contributed by atoms with Crippen LogP contribution < -0.4 is 10.6 Å². The number of carbonyl (C=O) groups excluding carboxylic acids is 3. The topological polar surface area (TPSA) is 102 Å². The Bertz CT molecular complexity index is 891. The van der Waals surface area contributed by atoms with E-state index < -0.39 is 24.0 Å². The fourth-order valence-electron chi connectivity index (χ4n) is 3.02. The minimum absolute atomic E-state index is 0.0208. The van der Waals surface area contributed by atoms with Crippen molar-refractivity contribution >= 4 is 17.8 Å². The summed E-state index contributed by atoms with van der Waals surface area (Å²) >= 11 is 0. The molecule has 2 N–H and O–H groups in total. The zero-order valence-electron chi connectivity index (χ0n) is 16.2. The van der Waals surface area contributed by atoms with Crippen molar-refractivity contribution in [1.29, 1.82) is 0 Å². The Morgan fingerprint density at radius 3 is 2.76 bits per heavy atom. The number of esters is 1. The zero-order valence-corrected chi connectivity index (χ0v) is 16.2. The number of imidazole rings is 1. The molecule has 0 saturated heterocycles. The molecule has 2 heterocycles. The van der Waals surface area contributed by atoms with Gasteiger partial charge in [0.15, 0.2) is 5.82 Å². The first kappa shape index (κ1) is 20.3. The second-order valence-electron chi connectivity index (χ2n) is 6.79. The highest BCUT2D eigenvalue weighted by Gasteiger charge is 2.25. The Labute approximate surface area is 169 Å². The SMILES string of the molecule is Cn1ccnc1C(=O)N[C@@H]1C/C=C/CCC(=O)NC(c2ccccc2)COC1=O. The molecular formula is C21H24N4O4. The average molecular weight is 396 g/mol. The highest BCUT2D eigenvalue weighted by molar-refractivity contribution is 5.94. The summed E-state index contributed by atoms with van der Waals surface area (Å²) in [7, 11) is 1.70. The molecule has 0 fully saturated rings. The van der Waals surface area contributed by atoms with Gasteiger partial charge in [-0.1, -0.05) is 42.5 Å². The molecule has 2 amide bonds. The molecule has 8 heteroatoms. The molecule has 1 aliphatic rings. The highest BCUT2D eigenvalue weighted by Crippen LogP contribution is 2.15. The number of nitrogens with one attached hydrogen (secondary N) is 2. The summed E-state index contributed by atoms with van der Waals surface area (Å²) < 4.78 is 7.04. The zero-order chi connectivity index (χ0) is 20.6. The third-order valence-electron chi connectivity index (χ3n) is 4.62. The molecule has 152 valence electrons. The lowest BCUT2D eigenvalue weighted by Crippen LogP contribution is -2.43. The maximum atomic E-state index is 12.7. The van der Waals surface area contributed by atoms with Crippen LogP contribution >= 0.6 is 0 Å². The highest BCUT2D eigenvalue weighted by atomic mass is 16.5. The number of ether oxygens (including phenoxy) is 1. The van der Waals surface area contributed by atoms with Crippen LogP contribution in [0.1, 0.15) is 41.5 Å². The number of nitrogens with zero attached hydrogens (tertiary/aromatic N) is 2. The standard InChI is InChI=1S/C21H24N4O4/c1-25-13-12-22-19(25)20(27)24-16-10-6-3-7-11-18(26)23-17(14-29-21(16)28)15-8-4-2-5-9-15/h2-6,8-9,12-13,16-17H,7,10-11,14H2,1H3,(H,23,26)(H,24,27)/b6-3+/t16-,17?/m1/s1. The Morgan fingerprint density at radius 2 is 2.03 bits per heavy atom. The van der Waals surface area contributed by atoms with Crippen LogP contribution in [0.4, 0.5) is 0 Å². The molecule has 3 rings (SSSR count). The Balaban J connectivity index is 1.75. The third kappa shape index (κ3) is 5.54. The van der Waals surface area contributed by atoms with Crippen molar-refractivity contribution in [2.45, 2.75) is 31.3 Å². The number of allylic oxidation sites excluding steroid dienone is 1. The molecule has 0 saturated carbocycles. The summed E-state index contributed by atoms with van der Waals surface area (Å²) in [6.45, 7) is -0.0208. The second-order valence-corrected chi connectivity index (χ2v) is 6.79. The van der Waals surface area contributed by atoms with Crippen molar-refractivity contribution in [2.24, 2.45) is 7.05 Å². The minimum atomic E-state index is -0.845. The maximum Gasteiger partial charge on any atom is 0.329 e. The molecule has 1 aliphatic heterocycles. The van der Waals surface area contributed by atoms with Crippen LogP contribution in [-0.2, 0) is 21.4 Å². The first-order valence-corrected chi connectivity index (χ1v) is 9.48. The van der Waals surface area contributed by atoms with Gasteiger partial charge in [0.25, 0.3) is 5.91 Å². The number of hydrogen-bond acceptors (Lipinski definition) is 5. The van der Waals surface area contributed by atoms with Gasteiger partial charge in [0.05, 0.1) is 6.04 Å². The second kappa shape index (κ2) is 9.68. The van der Waals surface area contributed by atoms with Gasteiger partial charge in [-0.2, -0.15) is 0 Å². The number of hydrogen-bond donors (Lipinski definition) is 2. The third-order valence-corrected chi connectivity index (χ3v) is 4.62. The molecular weight excluding hydrogens is 372 g/mol. The first-order valence-electron chi connectivity index (χ1n) is 9.48. The Morgan fingerprint density at radius 1 is 1.24 bits per heavy atom. The van der Waals surface area contributed by atoms with Crippen LogP contribution in [0.2, 0.25) is 0 Å². The summed E-state index contributed by atoms with van der Waals surface area (Å²) in [6.07, 6.45) is 7.91. The molecule has 1 aromatic carbocycles. The van der Waals surface area contributed by atoms with E-state index >= 15 is 0 Å². The largest absolute Gasteiger partial charge is 0.462 e. The first-order chi connectivity index (χ1) is 14.0. The number of carbonyl (C=O) groups is 3. The van der Waals surface area contributed by atoms with E-state index in [1.807, 2.05) is 36.4 Å². The Kier molecular flexibility index (Phi) is 6.78. The number of aryl methyl sites for hydroxylation is 1. The smallest absolute Gasteiger partial charge is 0.329 e. The van der Waals surface area contributed by atoms with E-state index in [0.717, 1.165) is 5.56 Å². The van der Waals surface area contributed by atoms with Gasteiger partial charge in [-0.3, -0.25) is 9.59 Å². The van der Waals surface area contributed by atoms with Gasteiger partial charge in [0.1, 0.15) is 12.6 Å². The molecule has 29 heavy (non-hydrogen) atoms. The van der Waals surface area contributed by atoms with Crippen molar-refractivity contribution in [2.75, 3.05) is 6.61 Å². The molecule has 1 unspecified atom stereocenters. The number of benzene rings is 1. The molecule has 2 atom stereocenters. The summed E-state index contributed by atoms with van der Waals surface area (Å²) in [5.74, 6) is -0.914. The summed E-state index contributed by atoms with van der Waals surface area (Å²) in [6, 6.07) is 8.02. The predicted octanol–water partition coefficient (Wildman–Crippen LogP) is 1.66. The lowest BCUT2D eigenvalue weighted by Gasteiger charge is -2.22. The van der Waals surface area contributed by atoms with Crippen LogP contribution in [0.25, 0.3) is 0 Å². The van der Waals surface area contributed by atoms with Gasteiger partial charge in [-0.15, -0.1) is 0 Å². The van der Waals surface area contributed by atoms with E-state index in [4.69, 9.17) is 4.74 Å². The fourth-order valence-corrected chi connectivity index (χ4v) is 3.02. The monoisotopic (exact) mass is 396 g/mol. The van der Waals surface area contributed by atoms with E-state index in [9.17, 15) is 14.4 Å². The van der Waals surface area contributed by atoms with Gasteiger partial charge >= 0.3 is 5.97 Å². The average Bonchev–Trinajstić information content (AvgIpc) is 3.15. The number of amides is 2. The number of aromatic nitrogens is 2. The van der Waals surface area contributed by atoms with Gasteiger partial charge in [-0.25, -0.2) is 9.78 Å².